The first-order chi connectivity index (χ1) is 8.26. The van der Waals surface area contributed by atoms with E-state index in [2.05, 4.69) is 4.74 Å². The highest BCUT2D eigenvalue weighted by molar-refractivity contribution is 5.85. The number of nitrogens with one attached hydrogen (secondary N) is 1. The molecule has 0 rings (SSSR count). The van der Waals surface area contributed by atoms with Gasteiger partial charge in [-0.3, -0.25) is 0 Å². The van der Waals surface area contributed by atoms with Crippen molar-refractivity contribution in [3.05, 3.63) is 11.8 Å². The third kappa shape index (κ3) is 5.07. The number of rotatable bonds is 4. The molecular weight excluding hydrogens is 253 g/mol. The summed E-state index contributed by atoms with van der Waals surface area (Å²) in [5.41, 5.74) is -1.45. The molecule has 0 aliphatic heterocycles. The zero-order valence-electron chi connectivity index (χ0n) is 10.3. The van der Waals surface area contributed by atoms with Gasteiger partial charge in [0.1, 0.15) is 5.70 Å². The van der Waals surface area contributed by atoms with Crippen LogP contribution < -0.4 is 5.32 Å². The Morgan fingerprint density at radius 1 is 1.28 bits per heavy atom. The molecule has 8 heteroatoms. The Morgan fingerprint density at radius 3 is 2.11 bits per heavy atom. The van der Waals surface area contributed by atoms with E-state index in [1.807, 2.05) is 0 Å². The number of halogens is 3. The second kappa shape index (κ2) is 6.87. The van der Waals surface area contributed by atoms with Crippen LogP contribution in [0.3, 0.4) is 0 Å². The number of hydrogen-bond donors (Lipinski definition) is 1. The summed E-state index contributed by atoms with van der Waals surface area (Å²) in [4.78, 5) is 23.4. The van der Waals surface area contributed by atoms with Crippen molar-refractivity contribution in [2.45, 2.75) is 20.0 Å². The molecule has 0 unspecified atom stereocenters. The second-order valence-electron chi connectivity index (χ2n) is 3.18. The summed E-state index contributed by atoms with van der Waals surface area (Å²) in [5, 5.41) is 1.65. The predicted octanol–water partition coefficient (Wildman–Crippen LogP) is 1.66. The number of carbonyl (C=O) groups excluding carboxylic acids is 2. The van der Waals surface area contributed by atoms with Gasteiger partial charge in [0, 0.05) is 13.1 Å². The Labute approximate surface area is 103 Å². The number of urea groups is 1. The molecule has 0 fully saturated rings. The molecule has 104 valence electrons. The van der Waals surface area contributed by atoms with Crippen LogP contribution >= 0.6 is 0 Å². The second-order valence-corrected chi connectivity index (χ2v) is 3.18. The molecule has 0 bridgehead atoms. The molecule has 0 aromatic rings. The quantitative estimate of drug-likeness (QED) is 0.623. The van der Waals surface area contributed by atoms with Crippen LogP contribution in [-0.4, -0.2) is 43.3 Å². The lowest BCUT2D eigenvalue weighted by molar-refractivity contribution is -0.136. The standard InChI is InChI=1S/C10H15F3N2O3/c1-4-15(5-2)9(17)14-7(10(11,12)13)6-8(16)18-3/h6H,4-5H2,1-3H3,(H,14,17)/b7-6-. The van der Waals surface area contributed by atoms with E-state index in [-0.39, 0.29) is 19.2 Å². The van der Waals surface area contributed by atoms with Gasteiger partial charge in [0.25, 0.3) is 0 Å². The Morgan fingerprint density at radius 2 is 1.78 bits per heavy atom. The molecule has 18 heavy (non-hydrogen) atoms. The highest BCUT2D eigenvalue weighted by Crippen LogP contribution is 2.23. The molecule has 0 radical (unpaired) electrons. The lowest BCUT2D eigenvalue weighted by Crippen LogP contribution is -2.42. The number of ether oxygens (including phenoxy) is 1. The molecular formula is C10H15F3N2O3. The third-order valence-corrected chi connectivity index (χ3v) is 2.06. The van der Waals surface area contributed by atoms with Crippen LogP contribution in [0.4, 0.5) is 18.0 Å². The number of alkyl halides is 3. The Hall–Kier alpha value is -1.73. The van der Waals surface area contributed by atoms with Crippen molar-refractivity contribution in [2.75, 3.05) is 20.2 Å². The third-order valence-electron chi connectivity index (χ3n) is 2.06. The van der Waals surface area contributed by atoms with Crippen molar-refractivity contribution in [1.29, 1.82) is 0 Å². The van der Waals surface area contributed by atoms with Crippen molar-refractivity contribution < 1.29 is 27.5 Å². The van der Waals surface area contributed by atoms with Crippen LogP contribution in [0.5, 0.6) is 0 Å². The summed E-state index contributed by atoms with van der Waals surface area (Å²) in [6, 6.07) is -0.924. The number of allylic oxidation sites excluding steroid dienone is 1. The average molecular weight is 268 g/mol. The fourth-order valence-electron chi connectivity index (χ4n) is 1.07. The van der Waals surface area contributed by atoms with Gasteiger partial charge in [0.2, 0.25) is 0 Å². The first-order valence-electron chi connectivity index (χ1n) is 5.19. The van der Waals surface area contributed by atoms with Crippen LogP contribution in [-0.2, 0) is 9.53 Å². The van der Waals surface area contributed by atoms with E-state index in [0.29, 0.717) is 0 Å². The normalized spacial score (nSPS) is 12.0. The molecule has 0 heterocycles. The minimum absolute atomic E-state index is 0.196. The van der Waals surface area contributed by atoms with E-state index in [9.17, 15) is 22.8 Å². The Kier molecular flexibility index (Phi) is 6.21. The van der Waals surface area contributed by atoms with Gasteiger partial charge < -0.3 is 15.0 Å². The fourth-order valence-corrected chi connectivity index (χ4v) is 1.07. The minimum Gasteiger partial charge on any atom is -0.466 e. The number of methoxy groups -OCH3 is 1. The minimum atomic E-state index is -4.84. The first-order valence-corrected chi connectivity index (χ1v) is 5.19. The monoisotopic (exact) mass is 268 g/mol. The molecule has 0 spiro atoms. The van der Waals surface area contributed by atoms with Gasteiger partial charge in [-0.05, 0) is 13.8 Å². The first kappa shape index (κ1) is 16.3. The van der Waals surface area contributed by atoms with Crippen molar-refractivity contribution in [1.82, 2.24) is 10.2 Å². The van der Waals surface area contributed by atoms with Gasteiger partial charge in [-0.25, -0.2) is 9.59 Å². The highest BCUT2D eigenvalue weighted by atomic mass is 19.4. The summed E-state index contributed by atoms with van der Waals surface area (Å²) in [6.07, 6.45) is -4.64. The lowest BCUT2D eigenvalue weighted by atomic mass is 10.3. The molecule has 0 aliphatic rings. The fraction of sp³-hybridized carbons (Fsp3) is 0.600. The van der Waals surface area contributed by atoms with E-state index < -0.39 is 23.9 Å². The SMILES string of the molecule is CCN(CC)C(=O)N/C(=C\C(=O)OC)C(F)(F)F. The maximum atomic E-state index is 12.5. The summed E-state index contributed by atoms with van der Waals surface area (Å²) < 4.78 is 41.7. The molecule has 1 N–H and O–H groups in total. The largest absolute Gasteiger partial charge is 0.466 e. The van der Waals surface area contributed by atoms with E-state index in [0.717, 1.165) is 12.0 Å². The van der Waals surface area contributed by atoms with Crippen molar-refractivity contribution in [3.8, 4) is 0 Å². The van der Waals surface area contributed by atoms with Gasteiger partial charge >= 0.3 is 18.2 Å². The van der Waals surface area contributed by atoms with Gasteiger partial charge in [0.05, 0.1) is 13.2 Å². The van der Waals surface area contributed by atoms with Crippen LogP contribution in [0.2, 0.25) is 0 Å². The molecule has 2 amide bonds. The number of amides is 2. The summed E-state index contributed by atoms with van der Waals surface area (Å²) in [7, 11) is 0.943. The summed E-state index contributed by atoms with van der Waals surface area (Å²) >= 11 is 0. The van der Waals surface area contributed by atoms with Crippen LogP contribution in [0.1, 0.15) is 13.8 Å². The van der Waals surface area contributed by atoms with Gasteiger partial charge in [-0.15, -0.1) is 0 Å². The molecule has 0 atom stereocenters. The van der Waals surface area contributed by atoms with E-state index in [1.165, 1.54) is 0 Å². The molecule has 0 saturated carbocycles. The summed E-state index contributed by atoms with van der Waals surface area (Å²) in [5.74, 6) is -1.19. The molecule has 0 aromatic carbocycles. The number of carbonyl (C=O) groups is 2. The lowest BCUT2D eigenvalue weighted by Gasteiger charge is -2.21. The maximum absolute atomic E-state index is 12.5. The zero-order valence-corrected chi connectivity index (χ0v) is 10.3. The van der Waals surface area contributed by atoms with Crippen molar-refractivity contribution in [3.63, 3.8) is 0 Å². The van der Waals surface area contributed by atoms with Gasteiger partial charge in [-0.2, -0.15) is 13.2 Å². The Bertz CT molecular complexity index is 336. The topological polar surface area (TPSA) is 58.6 Å². The van der Waals surface area contributed by atoms with E-state index >= 15 is 0 Å². The van der Waals surface area contributed by atoms with Crippen LogP contribution in [0, 0.1) is 0 Å². The van der Waals surface area contributed by atoms with Crippen molar-refractivity contribution in [2.24, 2.45) is 0 Å². The smallest absolute Gasteiger partial charge is 0.431 e. The molecule has 5 nitrogen and oxygen atoms in total. The van der Waals surface area contributed by atoms with E-state index in [1.54, 1.807) is 19.2 Å². The molecule has 0 aromatic heterocycles. The van der Waals surface area contributed by atoms with Gasteiger partial charge in [0.15, 0.2) is 0 Å². The number of esters is 1. The highest BCUT2D eigenvalue weighted by Gasteiger charge is 2.36. The Balaban J connectivity index is 4.98. The van der Waals surface area contributed by atoms with Gasteiger partial charge in [-0.1, -0.05) is 0 Å². The average Bonchev–Trinajstić information content (AvgIpc) is 2.28. The number of nitrogens with zero attached hydrogens (tertiary/aromatic N) is 1. The van der Waals surface area contributed by atoms with E-state index in [4.69, 9.17) is 0 Å². The van der Waals surface area contributed by atoms with Crippen molar-refractivity contribution >= 4 is 12.0 Å². The summed E-state index contributed by atoms with van der Waals surface area (Å²) in [6.45, 7) is 3.76. The van der Waals surface area contributed by atoms with Crippen LogP contribution in [0.15, 0.2) is 11.8 Å². The zero-order chi connectivity index (χ0) is 14.3. The maximum Gasteiger partial charge on any atom is 0.431 e. The molecule has 0 saturated heterocycles. The molecule has 0 aliphatic carbocycles. The number of hydrogen-bond acceptors (Lipinski definition) is 3. The predicted molar refractivity (Wildman–Crippen MR) is 57.6 cm³/mol. The van der Waals surface area contributed by atoms with Crippen LogP contribution in [0.25, 0.3) is 0 Å².